The van der Waals surface area contributed by atoms with Crippen molar-refractivity contribution in [1.29, 1.82) is 0 Å². The van der Waals surface area contributed by atoms with Crippen LogP contribution in [-0.4, -0.2) is 25.7 Å². The maximum atomic E-state index is 14.6. The second-order valence-electron chi connectivity index (χ2n) is 5.83. The molecule has 1 atom stereocenters. The molecule has 1 unspecified atom stereocenters. The van der Waals surface area contributed by atoms with Crippen LogP contribution in [0.3, 0.4) is 0 Å². The highest BCUT2D eigenvalue weighted by molar-refractivity contribution is 5.78. The summed E-state index contributed by atoms with van der Waals surface area (Å²) in [5, 5.41) is 2.61. The van der Waals surface area contributed by atoms with Gasteiger partial charge >= 0.3 is 12.1 Å². The molecule has 0 aromatic heterocycles. The van der Waals surface area contributed by atoms with Crippen LogP contribution in [0, 0.1) is 5.82 Å². The fourth-order valence-electron chi connectivity index (χ4n) is 2.44. The number of amides is 1. The number of nitrogens with one attached hydrogen (secondary N) is 1. The van der Waals surface area contributed by atoms with Gasteiger partial charge < -0.3 is 14.8 Å². The monoisotopic (exact) mass is 359 g/mol. The van der Waals surface area contributed by atoms with Crippen molar-refractivity contribution in [1.82, 2.24) is 5.32 Å². The lowest BCUT2D eigenvalue weighted by Crippen LogP contribution is -2.27. The van der Waals surface area contributed by atoms with Gasteiger partial charge in [0, 0.05) is 12.1 Å². The second-order valence-corrected chi connectivity index (χ2v) is 5.83. The predicted molar refractivity (Wildman–Crippen MR) is 96.6 cm³/mol. The Labute approximate surface area is 152 Å². The minimum Gasteiger partial charge on any atom is -0.469 e. The first-order chi connectivity index (χ1) is 12.5. The van der Waals surface area contributed by atoms with Crippen LogP contribution in [0.15, 0.2) is 42.5 Å². The standard InChI is InChI=1S/C20H22FNO4/c1-4-10-22-20(24)26-16-7-5-6-15(11-16)17-9-8-14(12-18(17)21)13(2)19(23)25-3/h5-9,11-13H,4,10H2,1-3H3,(H,22,24). The van der Waals surface area contributed by atoms with Crippen LogP contribution in [0.25, 0.3) is 11.1 Å². The molecule has 0 heterocycles. The van der Waals surface area contributed by atoms with Gasteiger partial charge in [-0.3, -0.25) is 4.79 Å². The molecule has 1 amide bonds. The van der Waals surface area contributed by atoms with E-state index in [-0.39, 0.29) is 0 Å². The Morgan fingerprint density at radius 1 is 1.19 bits per heavy atom. The van der Waals surface area contributed by atoms with Gasteiger partial charge in [-0.2, -0.15) is 0 Å². The van der Waals surface area contributed by atoms with Crippen LogP contribution in [0.2, 0.25) is 0 Å². The largest absolute Gasteiger partial charge is 0.469 e. The molecule has 0 aliphatic rings. The predicted octanol–water partition coefficient (Wildman–Crippen LogP) is 4.27. The Morgan fingerprint density at radius 3 is 2.62 bits per heavy atom. The van der Waals surface area contributed by atoms with Gasteiger partial charge in [0.15, 0.2) is 0 Å². The number of carbonyl (C=O) groups is 2. The van der Waals surface area contributed by atoms with E-state index in [4.69, 9.17) is 4.74 Å². The van der Waals surface area contributed by atoms with Crippen molar-refractivity contribution in [3.05, 3.63) is 53.8 Å². The molecule has 0 radical (unpaired) electrons. The van der Waals surface area contributed by atoms with Gasteiger partial charge in [-0.15, -0.1) is 0 Å². The number of rotatable bonds is 6. The zero-order chi connectivity index (χ0) is 19.1. The van der Waals surface area contributed by atoms with Gasteiger partial charge in [-0.1, -0.05) is 31.2 Å². The van der Waals surface area contributed by atoms with Gasteiger partial charge in [0.25, 0.3) is 0 Å². The molecule has 0 saturated carbocycles. The molecule has 2 aromatic carbocycles. The van der Waals surface area contributed by atoms with E-state index in [0.29, 0.717) is 29.0 Å². The van der Waals surface area contributed by atoms with Crippen LogP contribution >= 0.6 is 0 Å². The van der Waals surface area contributed by atoms with Crippen LogP contribution < -0.4 is 10.1 Å². The summed E-state index contributed by atoms with van der Waals surface area (Å²) in [6, 6.07) is 11.2. The Bertz CT molecular complexity index is 791. The normalized spacial score (nSPS) is 11.5. The summed E-state index contributed by atoms with van der Waals surface area (Å²) >= 11 is 0. The van der Waals surface area contributed by atoms with Crippen molar-refractivity contribution in [3.8, 4) is 16.9 Å². The summed E-state index contributed by atoms with van der Waals surface area (Å²) in [6.45, 7) is 4.12. The first-order valence-corrected chi connectivity index (χ1v) is 8.39. The molecule has 0 bridgehead atoms. The van der Waals surface area contributed by atoms with Gasteiger partial charge in [-0.25, -0.2) is 9.18 Å². The maximum absolute atomic E-state index is 14.6. The lowest BCUT2D eigenvalue weighted by Gasteiger charge is -2.12. The molecule has 138 valence electrons. The molecule has 0 fully saturated rings. The molecular formula is C20H22FNO4. The molecule has 1 N–H and O–H groups in total. The summed E-state index contributed by atoms with van der Waals surface area (Å²) in [5.41, 5.74) is 1.45. The molecule has 0 saturated heterocycles. The number of benzene rings is 2. The molecule has 5 nitrogen and oxygen atoms in total. The Kier molecular flexibility index (Phi) is 6.72. The van der Waals surface area contributed by atoms with Crippen molar-refractivity contribution >= 4 is 12.1 Å². The van der Waals surface area contributed by atoms with E-state index in [1.807, 2.05) is 6.92 Å². The number of ether oxygens (including phenoxy) is 2. The maximum Gasteiger partial charge on any atom is 0.412 e. The van der Waals surface area contributed by atoms with E-state index >= 15 is 0 Å². The zero-order valence-corrected chi connectivity index (χ0v) is 15.0. The van der Waals surface area contributed by atoms with Crippen molar-refractivity contribution in [2.75, 3.05) is 13.7 Å². The number of carbonyl (C=O) groups excluding carboxylic acids is 2. The fraction of sp³-hybridized carbons (Fsp3) is 0.300. The number of hydrogen-bond acceptors (Lipinski definition) is 4. The third-order valence-corrected chi connectivity index (χ3v) is 3.92. The van der Waals surface area contributed by atoms with Crippen molar-refractivity contribution in [2.24, 2.45) is 0 Å². The molecule has 26 heavy (non-hydrogen) atoms. The Hall–Kier alpha value is -2.89. The number of halogens is 1. The quantitative estimate of drug-likeness (QED) is 0.783. The lowest BCUT2D eigenvalue weighted by molar-refractivity contribution is -0.141. The lowest BCUT2D eigenvalue weighted by atomic mass is 9.97. The highest BCUT2D eigenvalue weighted by Gasteiger charge is 2.17. The Balaban J connectivity index is 2.22. The van der Waals surface area contributed by atoms with Gasteiger partial charge in [0.05, 0.1) is 13.0 Å². The van der Waals surface area contributed by atoms with Crippen molar-refractivity contribution in [3.63, 3.8) is 0 Å². The van der Waals surface area contributed by atoms with Gasteiger partial charge in [0.2, 0.25) is 0 Å². The smallest absolute Gasteiger partial charge is 0.412 e. The topological polar surface area (TPSA) is 64.6 Å². The van der Waals surface area contributed by atoms with Crippen LogP contribution in [0.4, 0.5) is 9.18 Å². The minimum absolute atomic E-state index is 0.322. The van der Waals surface area contributed by atoms with E-state index in [2.05, 4.69) is 10.1 Å². The average Bonchev–Trinajstić information content (AvgIpc) is 2.65. The van der Waals surface area contributed by atoms with E-state index in [0.717, 1.165) is 6.42 Å². The zero-order valence-electron chi connectivity index (χ0n) is 15.0. The van der Waals surface area contributed by atoms with E-state index < -0.39 is 23.8 Å². The molecule has 0 aliphatic heterocycles. The highest BCUT2D eigenvalue weighted by atomic mass is 19.1. The summed E-state index contributed by atoms with van der Waals surface area (Å²) in [6.07, 6.45) is 0.253. The Morgan fingerprint density at radius 2 is 1.96 bits per heavy atom. The van der Waals surface area contributed by atoms with E-state index in [9.17, 15) is 14.0 Å². The van der Waals surface area contributed by atoms with Crippen molar-refractivity contribution < 1.29 is 23.5 Å². The molecule has 0 spiro atoms. The van der Waals surface area contributed by atoms with Gasteiger partial charge in [0.1, 0.15) is 11.6 Å². The van der Waals surface area contributed by atoms with Crippen LogP contribution in [0.5, 0.6) is 5.75 Å². The highest BCUT2D eigenvalue weighted by Crippen LogP contribution is 2.29. The average molecular weight is 359 g/mol. The number of esters is 1. The molecule has 0 aliphatic carbocycles. The first-order valence-electron chi connectivity index (χ1n) is 8.39. The first kappa shape index (κ1) is 19.4. The summed E-state index contributed by atoms with van der Waals surface area (Å²) in [4.78, 5) is 23.2. The number of hydrogen-bond donors (Lipinski definition) is 1. The SMILES string of the molecule is CCCNC(=O)Oc1cccc(-c2ccc(C(C)C(=O)OC)cc2F)c1. The number of methoxy groups -OCH3 is 1. The fourth-order valence-corrected chi connectivity index (χ4v) is 2.44. The van der Waals surface area contributed by atoms with Crippen molar-refractivity contribution in [2.45, 2.75) is 26.2 Å². The van der Waals surface area contributed by atoms with E-state index in [1.54, 1.807) is 43.3 Å². The van der Waals surface area contributed by atoms with E-state index in [1.165, 1.54) is 13.2 Å². The van der Waals surface area contributed by atoms with Gasteiger partial charge in [-0.05, 0) is 42.7 Å². The molecule has 2 rings (SSSR count). The minimum atomic E-state index is -0.555. The molecule has 2 aromatic rings. The third kappa shape index (κ3) is 4.81. The summed E-state index contributed by atoms with van der Waals surface area (Å²) in [5.74, 6) is -1.13. The molecule has 6 heteroatoms. The van der Waals surface area contributed by atoms with Crippen LogP contribution in [0.1, 0.15) is 31.7 Å². The van der Waals surface area contributed by atoms with Crippen LogP contribution in [-0.2, 0) is 9.53 Å². The third-order valence-electron chi connectivity index (χ3n) is 3.92. The molecular weight excluding hydrogens is 337 g/mol. The summed E-state index contributed by atoms with van der Waals surface area (Å²) in [7, 11) is 1.30. The summed E-state index contributed by atoms with van der Waals surface area (Å²) < 4.78 is 24.4. The second kappa shape index (κ2) is 8.99.